The number of carbonyl (C=O) groups excluding carboxylic acids is 1. The van der Waals surface area contributed by atoms with Crippen molar-refractivity contribution in [1.29, 1.82) is 0 Å². The molecule has 21 heavy (non-hydrogen) atoms. The molecule has 0 fully saturated rings. The van der Waals surface area contributed by atoms with Gasteiger partial charge in [-0.25, -0.2) is 8.42 Å². The van der Waals surface area contributed by atoms with Gasteiger partial charge in [-0.05, 0) is 37.0 Å². The topological polar surface area (TPSA) is 54.5 Å². The van der Waals surface area contributed by atoms with E-state index in [0.717, 1.165) is 6.42 Å². The molecule has 7 heteroatoms. The molecule has 0 bridgehead atoms. The lowest BCUT2D eigenvalue weighted by Gasteiger charge is -2.20. The summed E-state index contributed by atoms with van der Waals surface area (Å²) in [5, 5.41) is 0. The van der Waals surface area contributed by atoms with Crippen LogP contribution in [-0.4, -0.2) is 32.8 Å². The molecule has 0 N–H and O–H groups in total. The first kappa shape index (κ1) is 18.5. The predicted molar refractivity (Wildman–Crippen MR) is 88.3 cm³/mol. The molecule has 0 radical (unpaired) electrons. The highest BCUT2D eigenvalue weighted by atomic mass is 79.9. The number of carbonyl (C=O) groups is 1. The zero-order valence-electron chi connectivity index (χ0n) is 12.5. The molecule has 0 aliphatic heterocycles. The van der Waals surface area contributed by atoms with Gasteiger partial charge in [0.2, 0.25) is 0 Å². The summed E-state index contributed by atoms with van der Waals surface area (Å²) in [6.07, 6.45) is 0.885. The number of halogens is 2. The van der Waals surface area contributed by atoms with Crippen LogP contribution in [0.1, 0.15) is 36.2 Å². The van der Waals surface area contributed by atoms with Gasteiger partial charge in [-0.2, -0.15) is 0 Å². The van der Waals surface area contributed by atoms with Crippen molar-refractivity contribution in [3.05, 3.63) is 27.7 Å². The first-order chi connectivity index (χ1) is 9.54. The number of hydrogen-bond acceptors (Lipinski definition) is 3. The lowest BCUT2D eigenvalue weighted by molar-refractivity contribution is 0.0788. The van der Waals surface area contributed by atoms with Gasteiger partial charge in [0.15, 0.2) is 0 Å². The summed E-state index contributed by atoms with van der Waals surface area (Å²) in [5.41, 5.74) is 1.04. The van der Waals surface area contributed by atoms with Gasteiger partial charge in [0.05, 0.1) is 4.90 Å². The fourth-order valence-corrected chi connectivity index (χ4v) is 3.17. The van der Waals surface area contributed by atoms with Crippen molar-refractivity contribution < 1.29 is 13.2 Å². The maximum Gasteiger partial charge on any atom is 0.261 e. The van der Waals surface area contributed by atoms with E-state index >= 15 is 0 Å². The van der Waals surface area contributed by atoms with Crippen LogP contribution in [0.4, 0.5) is 0 Å². The minimum atomic E-state index is -3.88. The number of benzene rings is 1. The van der Waals surface area contributed by atoms with E-state index in [1.54, 1.807) is 18.9 Å². The predicted octanol–water partition coefficient (Wildman–Crippen LogP) is 3.80. The highest BCUT2D eigenvalue weighted by Gasteiger charge is 2.20. The second kappa shape index (κ2) is 7.11. The van der Waals surface area contributed by atoms with Crippen LogP contribution >= 0.6 is 26.6 Å². The summed E-state index contributed by atoms with van der Waals surface area (Å²) in [5.74, 6) is 0.277. The maximum absolute atomic E-state index is 12.5. The van der Waals surface area contributed by atoms with Crippen LogP contribution in [0, 0.1) is 12.8 Å². The number of hydrogen-bond donors (Lipinski definition) is 0. The second-order valence-electron chi connectivity index (χ2n) is 5.42. The van der Waals surface area contributed by atoms with Gasteiger partial charge >= 0.3 is 0 Å². The quantitative estimate of drug-likeness (QED) is 0.711. The molecule has 0 aliphatic rings. The molecule has 1 rings (SSSR count). The Morgan fingerprint density at radius 2 is 1.95 bits per heavy atom. The lowest BCUT2D eigenvalue weighted by Crippen LogP contribution is -2.29. The molecule has 1 aromatic carbocycles. The third-order valence-corrected chi connectivity index (χ3v) is 5.38. The Balaban J connectivity index is 3.17. The monoisotopic (exact) mass is 395 g/mol. The normalized spacial score (nSPS) is 11.8. The van der Waals surface area contributed by atoms with E-state index in [-0.39, 0.29) is 10.8 Å². The molecule has 118 valence electrons. The molecule has 0 spiro atoms. The van der Waals surface area contributed by atoms with Gasteiger partial charge in [-0.1, -0.05) is 29.8 Å². The summed E-state index contributed by atoms with van der Waals surface area (Å²) < 4.78 is 23.5. The van der Waals surface area contributed by atoms with Gasteiger partial charge in [0.25, 0.3) is 15.0 Å². The zero-order chi connectivity index (χ0) is 16.4. The summed E-state index contributed by atoms with van der Waals surface area (Å²) in [6, 6.07) is 2.74. The van der Waals surface area contributed by atoms with Crippen LogP contribution in [0.25, 0.3) is 0 Å². The van der Waals surface area contributed by atoms with E-state index in [1.165, 1.54) is 12.1 Å². The van der Waals surface area contributed by atoms with Crippen LogP contribution in [0.5, 0.6) is 0 Å². The average molecular weight is 397 g/mol. The average Bonchev–Trinajstić information content (AvgIpc) is 2.36. The Hall–Kier alpha value is -0.590. The van der Waals surface area contributed by atoms with Gasteiger partial charge < -0.3 is 4.90 Å². The Bertz CT molecular complexity index is 644. The van der Waals surface area contributed by atoms with Crippen LogP contribution in [-0.2, 0) is 9.05 Å². The third-order valence-electron chi connectivity index (χ3n) is 3.22. The van der Waals surface area contributed by atoms with E-state index in [1.807, 2.05) is 0 Å². The van der Waals surface area contributed by atoms with E-state index in [9.17, 15) is 13.2 Å². The Labute approximate surface area is 139 Å². The van der Waals surface area contributed by atoms with Crippen molar-refractivity contribution in [2.45, 2.75) is 32.1 Å². The van der Waals surface area contributed by atoms with Crippen LogP contribution in [0.15, 0.2) is 21.5 Å². The maximum atomic E-state index is 12.5. The van der Waals surface area contributed by atoms with Crippen molar-refractivity contribution in [3.63, 3.8) is 0 Å². The number of amides is 1. The second-order valence-corrected chi connectivity index (χ2v) is 8.85. The number of rotatable bonds is 5. The molecule has 0 aromatic heterocycles. The first-order valence-corrected chi connectivity index (χ1v) is 9.64. The highest BCUT2D eigenvalue weighted by molar-refractivity contribution is 9.10. The molecule has 1 aromatic rings. The summed E-state index contributed by atoms with van der Waals surface area (Å²) in [7, 11) is 3.20. The van der Waals surface area contributed by atoms with E-state index in [0.29, 0.717) is 28.1 Å². The fourth-order valence-electron chi connectivity index (χ4n) is 1.78. The fraction of sp³-hybridized carbons (Fsp3) is 0.500. The summed E-state index contributed by atoms with van der Waals surface area (Å²) >= 11 is 3.28. The summed E-state index contributed by atoms with van der Waals surface area (Å²) in [6.45, 7) is 6.55. The first-order valence-electron chi connectivity index (χ1n) is 6.54. The lowest BCUT2D eigenvalue weighted by atomic mass is 10.1. The third kappa shape index (κ3) is 4.97. The van der Waals surface area contributed by atoms with Gasteiger partial charge in [-0.3, -0.25) is 4.79 Å². The van der Waals surface area contributed by atoms with Crippen molar-refractivity contribution in [2.24, 2.45) is 5.92 Å². The van der Waals surface area contributed by atoms with Crippen molar-refractivity contribution in [2.75, 3.05) is 13.6 Å². The zero-order valence-corrected chi connectivity index (χ0v) is 15.6. The molecular formula is C14H19BrClNO3S. The summed E-state index contributed by atoms with van der Waals surface area (Å²) in [4.78, 5) is 14.0. The molecule has 0 saturated heterocycles. The van der Waals surface area contributed by atoms with Crippen molar-refractivity contribution in [1.82, 2.24) is 4.90 Å². The molecule has 0 saturated carbocycles. The van der Waals surface area contributed by atoms with Crippen LogP contribution in [0.3, 0.4) is 0 Å². The molecule has 4 nitrogen and oxygen atoms in total. The Morgan fingerprint density at radius 3 is 2.43 bits per heavy atom. The van der Waals surface area contributed by atoms with Crippen LogP contribution in [0.2, 0.25) is 0 Å². The van der Waals surface area contributed by atoms with Crippen molar-refractivity contribution >= 4 is 41.6 Å². The SMILES string of the molecule is Cc1c(Br)cc(S(=O)(=O)Cl)cc1C(=O)N(C)CCC(C)C. The molecule has 0 heterocycles. The van der Waals surface area contributed by atoms with Gasteiger partial charge in [-0.15, -0.1) is 0 Å². The Morgan fingerprint density at radius 1 is 1.38 bits per heavy atom. The largest absolute Gasteiger partial charge is 0.342 e. The smallest absolute Gasteiger partial charge is 0.261 e. The molecule has 0 atom stereocenters. The Kier molecular flexibility index (Phi) is 6.25. The molecule has 0 unspecified atom stereocenters. The molecular weight excluding hydrogens is 378 g/mol. The van der Waals surface area contributed by atoms with E-state index in [4.69, 9.17) is 10.7 Å². The minimum absolute atomic E-state index is 0.0812. The van der Waals surface area contributed by atoms with Gasteiger partial charge in [0.1, 0.15) is 0 Å². The standard InChI is InChI=1S/C14H19BrClNO3S/c1-9(2)5-6-17(4)14(18)12-7-11(21(16,19)20)8-13(15)10(12)3/h7-9H,5-6H2,1-4H3. The van der Waals surface area contributed by atoms with E-state index in [2.05, 4.69) is 29.8 Å². The minimum Gasteiger partial charge on any atom is -0.342 e. The highest BCUT2D eigenvalue weighted by Crippen LogP contribution is 2.27. The van der Waals surface area contributed by atoms with E-state index < -0.39 is 9.05 Å². The van der Waals surface area contributed by atoms with Crippen LogP contribution < -0.4 is 0 Å². The van der Waals surface area contributed by atoms with Crippen molar-refractivity contribution in [3.8, 4) is 0 Å². The number of nitrogens with zero attached hydrogens (tertiary/aromatic N) is 1. The van der Waals surface area contributed by atoms with Gasteiger partial charge in [0, 0.05) is 34.3 Å². The molecule has 1 amide bonds. The molecule has 0 aliphatic carbocycles.